The third-order valence-electron chi connectivity index (χ3n) is 5.21. The summed E-state index contributed by atoms with van der Waals surface area (Å²) in [5.41, 5.74) is 2.56. The molecule has 2 aromatic carbocycles. The zero-order valence-corrected chi connectivity index (χ0v) is 17.7. The monoisotopic (exact) mass is 437 g/mol. The van der Waals surface area contributed by atoms with Gasteiger partial charge in [0.15, 0.2) is 11.5 Å². The van der Waals surface area contributed by atoms with Gasteiger partial charge in [-0.15, -0.1) is 0 Å². The summed E-state index contributed by atoms with van der Waals surface area (Å²) in [7, 11) is 0. The molecule has 158 valence electrons. The number of allylic oxidation sites excluding steroid dienone is 1. The normalized spacial score (nSPS) is 17.1. The standard InChI is InChI=1S/C22H20ClN5O3/c1-12-19(21(29)26-16-6-4-3-5-15(16)23)20(28-22(24-12)25-13(2)27-28)14-7-8-17-18(11-14)31-10-9-30-17/h3-8,11,20H,9-10H2,1-2H3,(H,26,29)(H,24,25,27). The van der Waals surface area contributed by atoms with Gasteiger partial charge in [0.1, 0.15) is 25.1 Å². The molecule has 0 spiro atoms. The Morgan fingerprint density at radius 1 is 1.16 bits per heavy atom. The fourth-order valence-corrected chi connectivity index (χ4v) is 4.03. The number of hydrogen-bond donors (Lipinski definition) is 2. The minimum absolute atomic E-state index is 0.281. The molecule has 1 atom stereocenters. The predicted octanol–water partition coefficient (Wildman–Crippen LogP) is 3.94. The lowest BCUT2D eigenvalue weighted by Gasteiger charge is -2.29. The Labute approximate surface area is 183 Å². The topological polar surface area (TPSA) is 90.3 Å². The molecule has 0 aliphatic carbocycles. The molecule has 3 aromatic rings. The van der Waals surface area contributed by atoms with Crippen molar-refractivity contribution in [2.75, 3.05) is 23.8 Å². The molecular formula is C22H20ClN5O3. The number of aromatic nitrogens is 3. The highest BCUT2D eigenvalue weighted by Crippen LogP contribution is 2.40. The van der Waals surface area contributed by atoms with Gasteiger partial charge in [-0.3, -0.25) is 4.79 Å². The van der Waals surface area contributed by atoms with Gasteiger partial charge in [-0.25, -0.2) is 4.68 Å². The van der Waals surface area contributed by atoms with E-state index in [-0.39, 0.29) is 5.91 Å². The van der Waals surface area contributed by atoms with E-state index < -0.39 is 6.04 Å². The number of anilines is 2. The summed E-state index contributed by atoms with van der Waals surface area (Å²) in [6.45, 7) is 4.65. The first kappa shape index (κ1) is 19.4. The summed E-state index contributed by atoms with van der Waals surface area (Å²) in [6, 6.07) is 12.3. The molecule has 31 heavy (non-hydrogen) atoms. The van der Waals surface area contributed by atoms with Crippen LogP contribution >= 0.6 is 11.6 Å². The van der Waals surface area contributed by atoms with Crippen LogP contribution in [0.4, 0.5) is 11.6 Å². The summed E-state index contributed by atoms with van der Waals surface area (Å²) in [5, 5.41) is 11.1. The van der Waals surface area contributed by atoms with E-state index in [1.54, 1.807) is 16.8 Å². The van der Waals surface area contributed by atoms with Gasteiger partial charge in [-0.1, -0.05) is 29.8 Å². The van der Waals surface area contributed by atoms with Crippen molar-refractivity contribution >= 4 is 29.1 Å². The van der Waals surface area contributed by atoms with Gasteiger partial charge in [-0.05, 0) is 43.7 Å². The first-order chi connectivity index (χ1) is 15.0. The molecule has 1 amide bonds. The van der Waals surface area contributed by atoms with Gasteiger partial charge < -0.3 is 20.1 Å². The molecule has 0 radical (unpaired) electrons. The number of fused-ring (bicyclic) bond motifs is 2. The molecule has 3 heterocycles. The van der Waals surface area contributed by atoms with E-state index in [9.17, 15) is 4.79 Å². The van der Waals surface area contributed by atoms with Crippen molar-refractivity contribution < 1.29 is 14.3 Å². The lowest BCUT2D eigenvalue weighted by Crippen LogP contribution is -2.31. The Kier molecular flexibility index (Phi) is 4.78. The van der Waals surface area contributed by atoms with Crippen LogP contribution in [0.2, 0.25) is 5.02 Å². The molecule has 0 fully saturated rings. The van der Waals surface area contributed by atoms with Gasteiger partial charge in [0, 0.05) is 5.70 Å². The zero-order chi connectivity index (χ0) is 21.5. The second-order valence-electron chi connectivity index (χ2n) is 7.33. The van der Waals surface area contributed by atoms with Crippen molar-refractivity contribution in [2.24, 2.45) is 0 Å². The van der Waals surface area contributed by atoms with Crippen LogP contribution in [-0.4, -0.2) is 33.9 Å². The van der Waals surface area contributed by atoms with Crippen molar-refractivity contribution in [1.82, 2.24) is 14.8 Å². The summed E-state index contributed by atoms with van der Waals surface area (Å²) >= 11 is 6.26. The van der Waals surface area contributed by atoms with Crippen molar-refractivity contribution in [3.63, 3.8) is 0 Å². The number of carbonyl (C=O) groups excluding carboxylic acids is 1. The van der Waals surface area contributed by atoms with Crippen LogP contribution in [-0.2, 0) is 4.79 Å². The Balaban J connectivity index is 1.60. The van der Waals surface area contributed by atoms with Crippen LogP contribution in [0.3, 0.4) is 0 Å². The quantitative estimate of drug-likeness (QED) is 0.645. The van der Waals surface area contributed by atoms with E-state index in [1.165, 1.54) is 0 Å². The maximum absolute atomic E-state index is 13.4. The number of para-hydroxylation sites is 1. The molecule has 1 aromatic heterocycles. The van der Waals surface area contributed by atoms with E-state index in [4.69, 9.17) is 21.1 Å². The molecule has 0 bridgehead atoms. The molecule has 5 rings (SSSR count). The van der Waals surface area contributed by atoms with Crippen LogP contribution in [0.1, 0.15) is 24.4 Å². The van der Waals surface area contributed by atoms with Crippen LogP contribution in [0.15, 0.2) is 53.7 Å². The smallest absolute Gasteiger partial charge is 0.255 e. The number of nitrogens with one attached hydrogen (secondary N) is 2. The van der Waals surface area contributed by atoms with Crippen molar-refractivity contribution in [2.45, 2.75) is 19.9 Å². The molecule has 2 aliphatic rings. The zero-order valence-electron chi connectivity index (χ0n) is 17.0. The maximum Gasteiger partial charge on any atom is 0.255 e. The Hall–Kier alpha value is -3.52. The van der Waals surface area contributed by atoms with E-state index in [0.29, 0.717) is 58.5 Å². The van der Waals surface area contributed by atoms with E-state index in [2.05, 4.69) is 20.7 Å². The molecule has 8 nitrogen and oxygen atoms in total. The minimum Gasteiger partial charge on any atom is -0.486 e. The average molecular weight is 438 g/mol. The van der Waals surface area contributed by atoms with Gasteiger partial charge in [0.25, 0.3) is 5.91 Å². The van der Waals surface area contributed by atoms with Crippen LogP contribution in [0.5, 0.6) is 11.5 Å². The SMILES string of the molecule is CC1=C(C(=O)Nc2ccccc2Cl)C(c2ccc3c(c2)OCCO3)n2nc(C)nc2N1. The molecule has 0 saturated carbocycles. The molecule has 2 N–H and O–H groups in total. The molecular weight excluding hydrogens is 418 g/mol. The highest BCUT2D eigenvalue weighted by atomic mass is 35.5. The van der Waals surface area contributed by atoms with E-state index in [1.807, 2.05) is 44.2 Å². The summed E-state index contributed by atoms with van der Waals surface area (Å²) in [6.07, 6.45) is 0. The number of carbonyl (C=O) groups is 1. The molecule has 2 aliphatic heterocycles. The molecule has 9 heteroatoms. The van der Waals surface area contributed by atoms with Crippen molar-refractivity contribution in [3.8, 4) is 11.5 Å². The van der Waals surface area contributed by atoms with Gasteiger partial charge in [0.05, 0.1) is 16.3 Å². The number of nitrogens with zero attached hydrogens (tertiary/aromatic N) is 3. The summed E-state index contributed by atoms with van der Waals surface area (Å²) in [4.78, 5) is 17.9. The van der Waals surface area contributed by atoms with Gasteiger partial charge >= 0.3 is 0 Å². The van der Waals surface area contributed by atoms with Crippen molar-refractivity contribution in [1.29, 1.82) is 0 Å². The van der Waals surface area contributed by atoms with E-state index >= 15 is 0 Å². The van der Waals surface area contributed by atoms with Crippen molar-refractivity contribution in [3.05, 3.63) is 70.1 Å². The molecule has 1 unspecified atom stereocenters. The summed E-state index contributed by atoms with van der Waals surface area (Å²) < 4.78 is 13.1. The second-order valence-corrected chi connectivity index (χ2v) is 7.74. The highest BCUT2D eigenvalue weighted by molar-refractivity contribution is 6.33. The van der Waals surface area contributed by atoms with Gasteiger partial charge in [-0.2, -0.15) is 10.1 Å². The first-order valence-electron chi connectivity index (χ1n) is 9.87. The van der Waals surface area contributed by atoms with E-state index in [0.717, 1.165) is 5.56 Å². The minimum atomic E-state index is -0.504. The average Bonchev–Trinajstić information content (AvgIpc) is 3.13. The third-order valence-corrected chi connectivity index (χ3v) is 5.54. The second kappa shape index (κ2) is 7.63. The lowest BCUT2D eigenvalue weighted by atomic mass is 9.94. The molecule has 0 saturated heterocycles. The van der Waals surface area contributed by atoms with Crippen LogP contribution in [0, 0.1) is 6.92 Å². The Morgan fingerprint density at radius 2 is 1.94 bits per heavy atom. The number of aryl methyl sites for hydroxylation is 1. The predicted molar refractivity (Wildman–Crippen MR) is 117 cm³/mol. The Bertz CT molecular complexity index is 1220. The first-order valence-corrected chi connectivity index (χ1v) is 10.3. The Morgan fingerprint density at radius 3 is 2.74 bits per heavy atom. The fourth-order valence-electron chi connectivity index (χ4n) is 3.84. The summed E-state index contributed by atoms with van der Waals surface area (Å²) in [5.74, 6) is 2.22. The maximum atomic E-state index is 13.4. The van der Waals surface area contributed by atoms with Crippen LogP contribution in [0.25, 0.3) is 0 Å². The number of rotatable bonds is 3. The lowest BCUT2D eigenvalue weighted by molar-refractivity contribution is -0.113. The number of halogens is 1. The number of benzene rings is 2. The van der Waals surface area contributed by atoms with Crippen LogP contribution < -0.4 is 20.1 Å². The number of amides is 1. The number of ether oxygens (including phenoxy) is 2. The van der Waals surface area contributed by atoms with Gasteiger partial charge in [0.2, 0.25) is 5.95 Å². The third kappa shape index (κ3) is 3.48. The largest absolute Gasteiger partial charge is 0.486 e. The number of hydrogen-bond acceptors (Lipinski definition) is 6. The highest BCUT2D eigenvalue weighted by Gasteiger charge is 2.35. The fraction of sp³-hybridized carbons (Fsp3) is 0.227.